The molecular formula is C21H20N2O. The van der Waals surface area contributed by atoms with Gasteiger partial charge in [0.15, 0.2) is 0 Å². The SMILES string of the molecule is [2H]C([2H])([2H])c1ccc2c(n1)oc1ccc(-c3cc(C([2H])([2H])C(C)C)ccn3)cc12. The second-order valence-corrected chi connectivity index (χ2v) is 6.09. The van der Waals surface area contributed by atoms with E-state index in [1.807, 2.05) is 26.0 Å². The van der Waals surface area contributed by atoms with E-state index in [-0.39, 0.29) is 17.3 Å². The summed E-state index contributed by atoms with van der Waals surface area (Å²) in [6.45, 7) is 1.41. The normalized spacial score (nSPS) is 15.9. The minimum atomic E-state index is -2.29. The Hall–Kier alpha value is -2.68. The minimum absolute atomic E-state index is 0.00503. The van der Waals surface area contributed by atoms with Gasteiger partial charge in [0, 0.05) is 35.1 Å². The van der Waals surface area contributed by atoms with Gasteiger partial charge in [0.1, 0.15) is 5.58 Å². The van der Waals surface area contributed by atoms with Crippen molar-refractivity contribution in [3.63, 3.8) is 0 Å². The van der Waals surface area contributed by atoms with E-state index in [4.69, 9.17) is 11.3 Å². The summed E-state index contributed by atoms with van der Waals surface area (Å²) in [6.07, 6.45) is 0.159. The van der Waals surface area contributed by atoms with E-state index in [0.29, 0.717) is 16.8 Å². The van der Waals surface area contributed by atoms with E-state index >= 15 is 0 Å². The molecule has 0 N–H and O–H groups in total. The molecule has 0 aliphatic carbocycles. The molecule has 0 aliphatic heterocycles. The highest BCUT2D eigenvalue weighted by Gasteiger charge is 2.10. The fourth-order valence-electron chi connectivity index (χ4n) is 2.83. The monoisotopic (exact) mass is 321 g/mol. The second-order valence-electron chi connectivity index (χ2n) is 6.09. The summed E-state index contributed by atoms with van der Waals surface area (Å²) in [6, 6.07) is 12.2. The zero-order chi connectivity index (χ0) is 21.0. The molecular weight excluding hydrogens is 296 g/mol. The highest BCUT2D eigenvalue weighted by molar-refractivity contribution is 6.04. The fraction of sp³-hybridized carbons (Fsp3) is 0.238. The smallest absolute Gasteiger partial charge is 0.227 e. The van der Waals surface area contributed by atoms with Crippen LogP contribution in [0.15, 0.2) is 53.1 Å². The van der Waals surface area contributed by atoms with Crippen LogP contribution in [-0.2, 0) is 6.37 Å². The number of benzene rings is 1. The van der Waals surface area contributed by atoms with Crippen LogP contribution < -0.4 is 0 Å². The van der Waals surface area contributed by atoms with Gasteiger partial charge in [-0.3, -0.25) is 4.98 Å². The molecule has 0 bridgehead atoms. The van der Waals surface area contributed by atoms with E-state index < -0.39 is 13.2 Å². The predicted molar refractivity (Wildman–Crippen MR) is 98.0 cm³/mol. The highest BCUT2D eigenvalue weighted by Crippen LogP contribution is 2.31. The molecule has 3 heterocycles. The molecule has 4 rings (SSSR count). The lowest BCUT2D eigenvalue weighted by Crippen LogP contribution is -1.95. The first kappa shape index (κ1) is 10.2. The predicted octanol–water partition coefficient (Wildman–Crippen LogP) is 5.55. The van der Waals surface area contributed by atoms with Crippen molar-refractivity contribution in [3.05, 3.63) is 59.9 Å². The van der Waals surface area contributed by atoms with Gasteiger partial charge in [0.25, 0.3) is 0 Å². The topological polar surface area (TPSA) is 38.9 Å². The van der Waals surface area contributed by atoms with Crippen LogP contribution in [0.25, 0.3) is 33.3 Å². The molecule has 0 fully saturated rings. The standard InChI is InChI=1S/C21H20N2O/c1-13(2)10-15-8-9-22-19(11-15)16-5-7-20-18(12-16)17-6-4-14(3)23-21(17)24-20/h4-9,11-13H,10H2,1-3H3/i3D3,10D2. The molecule has 24 heavy (non-hydrogen) atoms. The third-order valence-corrected chi connectivity index (χ3v) is 3.85. The molecule has 0 aliphatic rings. The zero-order valence-corrected chi connectivity index (χ0v) is 13.5. The van der Waals surface area contributed by atoms with E-state index in [1.165, 1.54) is 6.07 Å². The average Bonchev–Trinajstić information content (AvgIpc) is 3.04. The Balaban J connectivity index is 1.83. The number of hydrogen-bond donors (Lipinski definition) is 0. The van der Waals surface area contributed by atoms with Crippen LogP contribution in [0.4, 0.5) is 0 Å². The molecule has 3 nitrogen and oxygen atoms in total. The third kappa shape index (κ3) is 2.67. The molecule has 0 unspecified atom stereocenters. The van der Waals surface area contributed by atoms with Crippen LogP contribution in [0.2, 0.25) is 0 Å². The molecule has 1 aromatic carbocycles. The van der Waals surface area contributed by atoms with Gasteiger partial charge in [-0.1, -0.05) is 13.8 Å². The maximum Gasteiger partial charge on any atom is 0.227 e. The van der Waals surface area contributed by atoms with Gasteiger partial charge in [0.05, 0.1) is 5.69 Å². The number of furan rings is 1. The Morgan fingerprint density at radius 3 is 2.88 bits per heavy atom. The first-order valence-corrected chi connectivity index (χ1v) is 7.88. The molecule has 0 spiro atoms. The number of hydrogen-bond acceptors (Lipinski definition) is 3. The van der Waals surface area contributed by atoms with Crippen LogP contribution in [0.3, 0.4) is 0 Å². The lowest BCUT2D eigenvalue weighted by molar-refractivity contribution is 0.647. The lowest BCUT2D eigenvalue weighted by atomic mass is 10.0. The molecule has 3 aromatic heterocycles. The van der Waals surface area contributed by atoms with Gasteiger partial charge in [0.2, 0.25) is 5.71 Å². The zero-order valence-electron chi connectivity index (χ0n) is 18.5. The maximum absolute atomic E-state index is 8.34. The first-order chi connectivity index (χ1) is 13.6. The minimum Gasteiger partial charge on any atom is -0.438 e. The van der Waals surface area contributed by atoms with E-state index in [0.717, 1.165) is 16.3 Å². The largest absolute Gasteiger partial charge is 0.438 e. The van der Waals surface area contributed by atoms with Crippen molar-refractivity contribution in [2.75, 3.05) is 0 Å². The van der Waals surface area contributed by atoms with Crippen molar-refractivity contribution in [2.45, 2.75) is 27.1 Å². The molecule has 3 heteroatoms. The first-order valence-electron chi connectivity index (χ1n) is 10.4. The van der Waals surface area contributed by atoms with Crippen molar-refractivity contribution in [3.8, 4) is 11.3 Å². The van der Waals surface area contributed by atoms with Crippen molar-refractivity contribution >= 4 is 22.1 Å². The highest BCUT2D eigenvalue weighted by atomic mass is 16.3. The van der Waals surface area contributed by atoms with Crippen molar-refractivity contribution in [1.82, 2.24) is 9.97 Å². The quantitative estimate of drug-likeness (QED) is 0.496. The van der Waals surface area contributed by atoms with E-state index in [1.54, 1.807) is 30.5 Å². The lowest BCUT2D eigenvalue weighted by Gasteiger charge is -2.07. The van der Waals surface area contributed by atoms with Gasteiger partial charge >= 0.3 is 0 Å². The number of aromatic nitrogens is 2. The van der Waals surface area contributed by atoms with Crippen LogP contribution in [0.5, 0.6) is 0 Å². The van der Waals surface area contributed by atoms with Gasteiger partial charge in [-0.25, -0.2) is 4.98 Å². The van der Waals surface area contributed by atoms with Crippen LogP contribution in [0.1, 0.15) is 32.0 Å². The molecule has 120 valence electrons. The van der Waals surface area contributed by atoms with Crippen molar-refractivity contribution in [2.24, 2.45) is 5.92 Å². The summed E-state index contributed by atoms with van der Waals surface area (Å²) < 4.78 is 45.0. The second kappa shape index (κ2) is 5.75. The van der Waals surface area contributed by atoms with Crippen LogP contribution >= 0.6 is 0 Å². The van der Waals surface area contributed by atoms with E-state index in [9.17, 15) is 0 Å². The molecule has 0 saturated heterocycles. The third-order valence-electron chi connectivity index (χ3n) is 3.85. The van der Waals surface area contributed by atoms with Gasteiger partial charge in [-0.15, -0.1) is 0 Å². The van der Waals surface area contributed by atoms with Crippen molar-refractivity contribution < 1.29 is 11.3 Å². The number of rotatable bonds is 3. The number of fused-ring (bicyclic) bond motifs is 3. The van der Waals surface area contributed by atoms with Crippen molar-refractivity contribution in [1.29, 1.82) is 0 Å². The molecule has 0 amide bonds. The molecule has 0 atom stereocenters. The summed E-state index contributed by atoms with van der Waals surface area (Å²) in [5.74, 6) is -0.170. The van der Waals surface area contributed by atoms with Crippen LogP contribution in [0, 0.1) is 12.8 Å². The summed E-state index contributed by atoms with van der Waals surface area (Å²) >= 11 is 0. The summed E-state index contributed by atoms with van der Waals surface area (Å²) in [4.78, 5) is 8.57. The maximum atomic E-state index is 8.34. The Bertz CT molecular complexity index is 1210. The van der Waals surface area contributed by atoms with Crippen LogP contribution in [-0.4, -0.2) is 9.97 Å². The summed E-state index contributed by atoms with van der Waals surface area (Å²) in [7, 11) is 0. The fourth-order valence-corrected chi connectivity index (χ4v) is 2.83. The summed E-state index contributed by atoms with van der Waals surface area (Å²) in [5, 5.41) is 1.53. The van der Waals surface area contributed by atoms with Gasteiger partial charge < -0.3 is 4.42 Å². The average molecular weight is 321 g/mol. The molecule has 0 radical (unpaired) electrons. The van der Waals surface area contributed by atoms with Gasteiger partial charge in [-0.05, 0) is 67.2 Å². The number of aryl methyl sites for hydroxylation is 1. The summed E-state index contributed by atoms with van der Waals surface area (Å²) in [5.41, 5.74) is 2.95. The Labute approximate surface area is 148 Å². The number of pyridine rings is 2. The molecule has 4 aromatic rings. The Morgan fingerprint density at radius 2 is 2.04 bits per heavy atom. The molecule has 0 saturated carbocycles. The Kier molecular flexibility index (Phi) is 2.45. The Morgan fingerprint density at radius 1 is 1.12 bits per heavy atom. The van der Waals surface area contributed by atoms with E-state index in [2.05, 4.69) is 9.97 Å². The number of nitrogens with zero attached hydrogens (tertiary/aromatic N) is 2. The van der Waals surface area contributed by atoms with Gasteiger partial charge in [-0.2, -0.15) is 0 Å².